The van der Waals surface area contributed by atoms with Gasteiger partial charge in [0.15, 0.2) is 0 Å². The molecule has 0 aromatic heterocycles. The lowest BCUT2D eigenvalue weighted by Gasteiger charge is -2.27. The predicted octanol–water partition coefficient (Wildman–Crippen LogP) is -1.90. The number of carbonyl (C=O) groups is 2. The Labute approximate surface area is 88.4 Å². The second-order valence-corrected chi connectivity index (χ2v) is 3.01. The summed E-state index contributed by atoms with van der Waals surface area (Å²) in [7, 11) is 0. The van der Waals surface area contributed by atoms with Crippen molar-refractivity contribution >= 4 is 11.9 Å². The fraction of sp³-hybridized carbons (Fsp3) is 0.750. The van der Waals surface area contributed by atoms with Crippen LogP contribution < -0.4 is 16.9 Å². The van der Waals surface area contributed by atoms with Crippen molar-refractivity contribution in [2.24, 2.45) is 11.5 Å². The van der Waals surface area contributed by atoms with Crippen molar-refractivity contribution in [2.45, 2.75) is 19.4 Å². The second-order valence-electron chi connectivity index (χ2n) is 3.01. The number of nitrogens with one attached hydrogen (secondary N) is 1. The minimum absolute atomic E-state index is 0.221. The third-order valence-electron chi connectivity index (χ3n) is 1.86. The number of primary amides is 1. The number of carboxylic acids is 1. The zero-order chi connectivity index (χ0) is 11.8. The third-order valence-corrected chi connectivity index (χ3v) is 1.86. The molecular weight excluding hydrogens is 200 g/mol. The lowest BCUT2D eigenvalue weighted by atomic mass is 10.2. The van der Waals surface area contributed by atoms with Crippen LogP contribution in [0.15, 0.2) is 0 Å². The Balaban J connectivity index is 4.40. The van der Waals surface area contributed by atoms with Gasteiger partial charge in [0.05, 0.1) is 6.42 Å². The van der Waals surface area contributed by atoms with E-state index in [9.17, 15) is 9.59 Å². The molecule has 0 saturated heterocycles. The van der Waals surface area contributed by atoms with Crippen molar-refractivity contribution < 1.29 is 14.7 Å². The molecule has 0 aliphatic rings. The first-order valence-electron chi connectivity index (χ1n) is 4.74. The number of hydrogen-bond acceptors (Lipinski definition) is 5. The summed E-state index contributed by atoms with van der Waals surface area (Å²) in [5.41, 5.74) is 13.1. The highest BCUT2D eigenvalue weighted by atomic mass is 16.4. The fourth-order valence-electron chi connectivity index (χ4n) is 1.17. The molecule has 0 heterocycles. The number of carbonyl (C=O) groups excluding carboxylic acids is 1. The molecule has 7 heteroatoms. The van der Waals surface area contributed by atoms with Gasteiger partial charge in [-0.3, -0.25) is 15.0 Å². The molecule has 15 heavy (non-hydrogen) atoms. The normalized spacial score (nSPS) is 12.7. The number of aliphatic carboxylic acids is 1. The molecule has 88 valence electrons. The van der Waals surface area contributed by atoms with Crippen LogP contribution in [0.2, 0.25) is 0 Å². The highest BCUT2D eigenvalue weighted by Crippen LogP contribution is 2.01. The molecular formula is C8H18N4O3. The molecule has 7 nitrogen and oxygen atoms in total. The van der Waals surface area contributed by atoms with Crippen molar-refractivity contribution in [3.63, 3.8) is 0 Å². The van der Waals surface area contributed by atoms with Gasteiger partial charge in [0.1, 0.15) is 6.04 Å². The van der Waals surface area contributed by atoms with E-state index in [0.717, 1.165) is 0 Å². The lowest BCUT2D eigenvalue weighted by Crippen LogP contribution is -2.52. The van der Waals surface area contributed by atoms with E-state index in [-0.39, 0.29) is 6.42 Å². The number of hydrogen-bond donors (Lipinski definition) is 4. The summed E-state index contributed by atoms with van der Waals surface area (Å²) in [6.45, 7) is 3.07. The van der Waals surface area contributed by atoms with Gasteiger partial charge >= 0.3 is 5.97 Å². The van der Waals surface area contributed by atoms with Gasteiger partial charge in [-0.05, 0) is 0 Å². The standard InChI is InChI=1S/C8H18N4O3/c1-2-12(11-4-3-9)6(8(14)15)5-7(10)13/h6,11H,2-5,9H2,1H3,(H2,10,13)(H,14,15)/t6-/m0/s1. The topological polar surface area (TPSA) is 122 Å². The van der Waals surface area contributed by atoms with Crippen LogP contribution in [-0.4, -0.2) is 47.7 Å². The molecule has 1 atom stereocenters. The Kier molecular flexibility index (Phi) is 6.59. The largest absolute Gasteiger partial charge is 0.480 e. The van der Waals surface area contributed by atoms with Crippen LogP contribution in [0, 0.1) is 0 Å². The molecule has 0 radical (unpaired) electrons. The monoisotopic (exact) mass is 218 g/mol. The van der Waals surface area contributed by atoms with E-state index in [4.69, 9.17) is 16.6 Å². The molecule has 0 aliphatic carbocycles. The van der Waals surface area contributed by atoms with Crippen molar-refractivity contribution in [1.82, 2.24) is 10.4 Å². The fourth-order valence-corrected chi connectivity index (χ4v) is 1.17. The molecule has 0 unspecified atom stereocenters. The molecule has 0 aromatic rings. The van der Waals surface area contributed by atoms with Crippen LogP contribution in [0.1, 0.15) is 13.3 Å². The van der Waals surface area contributed by atoms with Gasteiger partial charge < -0.3 is 16.6 Å². The van der Waals surface area contributed by atoms with E-state index in [2.05, 4.69) is 5.43 Å². The van der Waals surface area contributed by atoms with Gasteiger partial charge in [-0.15, -0.1) is 0 Å². The zero-order valence-electron chi connectivity index (χ0n) is 8.77. The second kappa shape index (κ2) is 7.16. The Morgan fingerprint density at radius 2 is 2.13 bits per heavy atom. The van der Waals surface area contributed by atoms with Gasteiger partial charge in [0, 0.05) is 19.6 Å². The summed E-state index contributed by atoms with van der Waals surface area (Å²) in [4.78, 5) is 21.6. The van der Waals surface area contributed by atoms with E-state index in [1.54, 1.807) is 6.92 Å². The Morgan fingerprint density at radius 1 is 1.53 bits per heavy atom. The van der Waals surface area contributed by atoms with Gasteiger partial charge in [-0.25, -0.2) is 5.01 Å². The molecule has 6 N–H and O–H groups in total. The Bertz CT molecular complexity index is 222. The van der Waals surface area contributed by atoms with Gasteiger partial charge in [-0.1, -0.05) is 6.92 Å². The number of nitrogens with two attached hydrogens (primary N) is 2. The zero-order valence-corrected chi connectivity index (χ0v) is 8.77. The van der Waals surface area contributed by atoms with E-state index >= 15 is 0 Å². The number of carboxylic acid groups (broad SMARTS) is 1. The SMILES string of the molecule is CCN(NCCN)[C@@H](CC(N)=O)C(=O)O. The summed E-state index contributed by atoms with van der Waals surface area (Å²) >= 11 is 0. The first-order valence-corrected chi connectivity index (χ1v) is 4.74. The smallest absolute Gasteiger partial charge is 0.322 e. The average Bonchev–Trinajstić information content (AvgIpc) is 2.16. The number of likely N-dealkylation sites (N-methyl/N-ethyl adjacent to an activating group) is 1. The third kappa shape index (κ3) is 5.31. The molecule has 0 spiro atoms. The van der Waals surface area contributed by atoms with Crippen molar-refractivity contribution in [2.75, 3.05) is 19.6 Å². The molecule has 0 aliphatic heterocycles. The van der Waals surface area contributed by atoms with Crippen LogP contribution in [0.25, 0.3) is 0 Å². The summed E-state index contributed by atoms with van der Waals surface area (Å²) < 4.78 is 0. The minimum Gasteiger partial charge on any atom is -0.480 e. The van der Waals surface area contributed by atoms with Crippen LogP contribution in [-0.2, 0) is 9.59 Å². The summed E-state index contributed by atoms with van der Waals surface area (Å²) in [5, 5.41) is 10.3. The molecule has 0 aromatic carbocycles. The van der Waals surface area contributed by atoms with Crippen molar-refractivity contribution in [3.05, 3.63) is 0 Å². The lowest BCUT2D eigenvalue weighted by molar-refractivity contribution is -0.146. The quantitative estimate of drug-likeness (QED) is 0.353. The van der Waals surface area contributed by atoms with E-state index in [1.165, 1.54) is 5.01 Å². The first-order chi connectivity index (χ1) is 7.02. The van der Waals surface area contributed by atoms with Crippen LogP contribution in [0.5, 0.6) is 0 Å². The summed E-state index contributed by atoms with van der Waals surface area (Å²) in [6.07, 6.45) is -0.221. The minimum atomic E-state index is -1.08. The van der Waals surface area contributed by atoms with Gasteiger partial charge in [-0.2, -0.15) is 0 Å². The van der Waals surface area contributed by atoms with Gasteiger partial charge in [0.2, 0.25) is 5.91 Å². The summed E-state index contributed by atoms with van der Waals surface area (Å²) in [6, 6.07) is -0.945. The summed E-state index contributed by atoms with van der Waals surface area (Å²) in [5.74, 6) is -1.73. The number of hydrazine groups is 1. The number of rotatable bonds is 8. The van der Waals surface area contributed by atoms with Gasteiger partial charge in [0.25, 0.3) is 0 Å². The maximum atomic E-state index is 10.9. The average molecular weight is 218 g/mol. The highest BCUT2D eigenvalue weighted by Gasteiger charge is 2.25. The number of amides is 1. The van der Waals surface area contributed by atoms with Crippen LogP contribution in [0.3, 0.4) is 0 Å². The van der Waals surface area contributed by atoms with Crippen molar-refractivity contribution in [3.8, 4) is 0 Å². The molecule has 0 fully saturated rings. The molecule has 0 bridgehead atoms. The molecule has 1 amide bonds. The first kappa shape index (κ1) is 13.8. The van der Waals surface area contributed by atoms with Crippen LogP contribution in [0.4, 0.5) is 0 Å². The highest BCUT2D eigenvalue weighted by molar-refractivity contribution is 5.83. The molecule has 0 saturated carbocycles. The molecule has 0 rings (SSSR count). The van der Waals surface area contributed by atoms with E-state index < -0.39 is 17.9 Å². The van der Waals surface area contributed by atoms with E-state index in [0.29, 0.717) is 19.6 Å². The predicted molar refractivity (Wildman–Crippen MR) is 54.7 cm³/mol. The maximum absolute atomic E-state index is 10.9. The van der Waals surface area contributed by atoms with Crippen LogP contribution >= 0.6 is 0 Å². The number of nitrogens with zero attached hydrogens (tertiary/aromatic N) is 1. The van der Waals surface area contributed by atoms with E-state index in [1.807, 2.05) is 0 Å². The van der Waals surface area contributed by atoms with Crippen molar-refractivity contribution in [1.29, 1.82) is 0 Å². The maximum Gasteiger partial charge on any atom is 0.322 e. The Morgan fingerprint density at radius 3 is 2.47 bits per heavy atom. The Hall–Kier alpha value is -1.18.